The summed E-state index contributed by atoms with van der Waals surface area (Å²) in [5, 5.41) is 7.96. The molecule has 0 bridgehead atoms. The maximum Gasteiger partial charge on any atom is 0.244 e. The first-order valence-corrected chi connectivity index (χ1v) is 11.1. The summed E-state index contributed by atoms with van der Waals surface area (Å²) in [6.07, 6.45) is 3.00. The highest BCUT2D eigenvalue weighted by atomic mass is 35.5. The van der Waals surface area contributed by atoms with Gasteiger partial charge in [0.05, 0.1) is 11.3 Å². The summed E-state index contributed by atoms with van der Waals surface area (Å²) < 4.78 is 32.9. The Labute approximate surface area is 173 Å². The summed E-state index contributed by atoms with van der Waals surface area (Å²) in [7, 11) is -3.67. The van der Waals surface area contributed by atoms with Crippen molar-refractivity contribution in [3.8, 4) is 11.5 Å². The second kappa shape index (κ2) is 7.55. The van der Waals surface area contributed by atoms with Crippen LogP contribution in [0.15, 0.2) is 45.9 Å². The maximum absolute atomic E-state index is 13.0. The number of nitrogens with zero attached hydrogens (tertiary/aromatic N) is 2. The number of rotatable bonds is 4. The molecule has 1 saturated heterocycles. The second-order valence-electron chi connectivity index (χ2n) is 6.90. The molecule has 0 unspecified atom stereocenters. The highest BCUT2D eigenvalue weighted by molar-refractivity contribution is 7.89. The van der Waals surface area contributed by atoms with Gasteiger partial charge in [-0.05, 0) is 55.7 Å². The lowest BCUT2D eigenvalue weighted by atomic mass is 9.94. The van der Waals surface area contributed by atoms with Gasteiger partial charge in [0.25, 0.3) is 0 Å². The number of aromatic amines is 1. The predicted molar refractivity (Wildman–Crippen MR) is 108 cm³/mol. The minimum Gasteiger partial charge on any atom is -0.463 e. The highest BCUT2D eigenvalue weighted by Crippen LogP contribution is 2.34. The molecule has 0 amide bonds. The van der Waals surface area contributed by atoms with Gasteiger partial charge in [0.15, 0.2) is 5.76 Å². The van der Waals surface area contributed by atoms with Crippen molar-refractivity contribution in [2.75, 3.05) is 13.1 Å². The van der Waals surface area contributed by atoms with Gasteiger partial charge in [-0.2, -0.15) is 9.40 Å². The van der Waals surface area contributed by atoms with E-state index in [-0.39, 0.29) is 15.8 Å². The molecule has 3 aromatic rings. The number of H-pyrrole nitrogens is 1. The van der Waals surface area contributed by atoms with Gasteiger partial charge < -0.3 is 4.42 Å². The molecule has 3 heterocycles. The number of halogens is 2. The van der Waals surface area contributed by atoms with Crippen LogP contribution in [0.4, 0.5) is 0 Å². The van der Waals surface area contributed by atoms with E-state index >= 15 is 0 Å². The number of sulfonamides is 1. The average molecular weight is 440 g/mol. The number of piperidine rings is 1. The van der Waals surface area contributed by atoms with Crippen molar-refractivity contribution < 1.29 is 12.8 Å². The lowest BCUT2D eigenvalue weighted by molar-refractivity contribution is 0.316. The van der Waals surface area contributed by atoms with Crippen LogP contribution in [0.5, 0.6) is 0 Å². The lowest BCUT2D eigenvalue weighted by Crippen LogP contribution is -2.38. The molecule has 1 aromatic carbocycles. The van der Waals surface area contributed by atoms with Gasteiger partial charge in [-0.25, -0.2) is 8.42 Å². The van der Waals surface area contributed by atoms with E-state index in [0.29, 0.717) is 42.3 Å². The Morgan fingerprint density at radius 2 is 1.93 bits per heavy atom. The number of aryl methyl sites for hydroxylation is 1. The smallest absolute Gasteiger partial charge is 0.244 e. The molecule has 1 N–H and O–H groups in total. The summed E-state index contributed by atoms with van der Waals surface area (Å²) in [6.45, 7) is 2.60. The molecule has 28 heavy (non-hydrogen) atoms. The fourth-order valence-electron chi connectivity index (χ4n) is 3.47. The second-order valence-corrected chi connectivity index (χ2v) is 9.62. The van der Waals surface area contributed by atoms with Crippen molar-refractivity contribution in [1.82, 2.24) is 14.5 Å². The molecule has 2 aromatic heterocycles. The summed E-state index contributed by atoms with van der Waals surface area (Å²) in [6, 6.07) is 8.66. The molecule has 6 nitrogen and oxygen atoms in total. The number of hydrogen-bond acceptors (Lipinski definition) is 4. The van der Waals surface area contributed by atoms with Gasteiger partial charge in [0.2, 0.25) is 10.0 Å². The molecule has 4 rings (SSSR count). The lowest BCUT2D eigenvalue weighted by Gasteiger charge is -2.31. The molecular weight excluding hydrogens is 421 g/mol. The minimum atomic E-state index is -3.67. The number of aromatic nitrogens is 2. The normalized spacial score (nSPS) is 16.5. The zero-order chi connectivity index (χ0) is 19.9. The molecule has 9 heteroatoms. The fraction of sp³-hybridized carbons (Fsp3) is 0.316. The SMILES string of the molecule is Cc1cc(S(=O)(=O)N2CCC(c3cc(-c4ccco4)n[nH]3)CC2)c(Cl)cc1Cl. The minimum absolute atomic E-state index is 0.108. The third kappa shape index (κ3) is 3.59. The Morgan fingerprint density at radius 1 is 1.18 bits per heavy atom. The largest absolute Gasteiger partial charge is 0.463 e. The van der Waals surface area contributed by atoms with Crippen LogP contribution in [-0.4, -0.2) is 36.0 Å². The van der Waals surface area contributed by atoms with Crippen molar-refractivity contribution in [3.05, 3.63) is 57.9 Å². The topological polar surface area (TPSA) is 79.2 Å². The van der Waals surface area contributed by atoms with Crippen molar-refractivity contribution in [1.29, 1.82) is 0 Å². The summed E-state index contributed by atoms with van der Waals surface area (Å²) >= 11 is 12.2. The zero-order valence-corrected chi connectivity index (χ0v) is 17.5. The van der Waals surface area contributed by atoms with E-state index in [4.69, 9.17) is 27.6 Å². The molecular formula is C19H19Cl2N3O3S. The van der Waals surface area contributed by atoms with Gasteiger partial charge in [0.1, 0.15) is 10.6 Å². The van der Waals surface area contributed by atoms with Gasteiger partial charge in [-0.15, -0.1) is 0 Å². The standard InChI is InChI=1S/C19H19Cl2N3O3S/c1-12-9-19(15(21)10-14(12)20)28(25,26)24-6-4-13(5-7-24)16-11-17(23-22-16)18-3-2-8-27-18/h2-3,8-11,13H,4-7H2,1H3,(H,22,23). The van der Waals surface area contributed by atoms with Crippen LogP contribution in [0.3, 0.4) is 0 Å². The number of benzene rings is 1. The quantitative estimate of drug-likeness (QED) is 0.629. The molecule has 0 radical (unpaired) electrons. The van der Waals surface area contributed by atoms with Crippen LogP contribution >= 0.6 is 23.2 Å². The van der Waals surface area contributed by atoms with Crippen LogP contribution in [0.1, 0.15) is 30.0 Å². The van der Waals surface area contributed by atoms with Gasteiger partial charge in [-0.3, -0.25) is 5.10 Å². The third-order valence-corrected chi connectivity index (χ3v) is 7.87. The van der Waals surface area contributed by atoms with Gasteiger partial charge in [-0.1, -0.05) is 23.2 Å². The Balaban J connectivity index is 1.49. The Kier molecular flexibility index (Phi) is 5.26. The van der Waals surface area contributed by atoms with Crippen LogP contribution < -0.4 is 0 Å². The predicted octanol–water partition coefficient (Wildman–Crippen LogP) is 4.85. The molecule has 0 spiro atoms. The Bertz CT molecular complexity index is 1090. The van der Waals surface area contributed by atoms with E-state index in [2.05, 4.69) is 10.2 Å². The number of hydrogen-bond donors (Lipinski definition) is 1. The molecule has 1 fully saturated rings. The summed E-state index contributed by atoms with van der Waals surface area (Å²) in [5.41, 5.74) is 2.42. The monoisotopic (exact) mass is 439 g/mol. The average Bonchev–Trinajstić information content (AvgIpc) is 3.36. The van der Waals surface area contributed by atoms with Gasteiger partial charge in [0, 0.05) is 29.7 Å². The van der Waals surface area contributed by atoms with Crippen molar-refractivity contribution in [3.63, 3.8) is 0 Å². The molecule has 1 aliphatic rings. The molecule has 0 aliphatic carbocycles. The fourth-order valence-corrected chi connectivity index (χ4v) is 5.75. The summed E-state index contributed by atoms with van der Waals surface area (Å²) in [4.78, 5) is 0.108. The van der Waals surface area contributed by atoms with E-state index in [1.165, 1.54) is 16.4 Å². The van der Waals surface area contributed by atoms with E-state index in [1.54, 1.807) is 13.2 Å². The van der Waals surface area contributed by atoms with Crippen molar-refractivity contribution in [2.45, 2.75) is 30.6 Å². The first-order valence-electron chi connectivity index (χ1n) is 8.91. The first kappa shape index (κ1) is 19.5. The molecule has 0 saturated carbocycles. The number of nitrogens with one attached hydrogen (secondary N) is 1. The molecule has 1 aliphatic heterocycles. The zero-order valence-electron chi connectivity index (χ0n) is 15.2. The van der Waals surface area contributed by atoms with Crippen LogP contribution in [-0.2, 0) is 10.0 Å². The van der Waals surface area contributed by atoms with Crippen molar-refractivity contribution in [2.24, 2.45) is 0 Å². The van der Waals surface area contributed by atoms with Crippen LogP contribution in [0.2, 0.25) is 10.0 Å². The van der Waals surface area contributed by atoms with Crippen molar-refractivity contribution >= 4 is 33.2 Å². The molecule has 148 valence electrons. The molecule has 0 atom stereocenters. The summed E-state index contributed by atoms with van der Waals surface area (Å²) in [5.74, 6) is 0.917. The maximum atomic E-state index is 13.0. The van der Waals surface area contributed by atoms with Gasteiger partial charge >= 0.3 is 0 Å². The van der Waals surface area contributed by atoms with E-state index < -0.39 is 10.0 Å². The van der Waals surface area contributed by atoms with E-state index in [1.807, 2.05) is 18.2 Å². The van der Waals surface area contributed by atoms with E-state index in [0.717, 1.165) is 11.4 Å². The van der Waals surface area contributed by atoms with Crippen LogP contribution in [0, 0.1) is 6.92 Å². The highest BCUT2D eigenvalue weighted by Gasteiger charge is 2.32. The Hall–Kier alpha value is -1.80. The first-order chi connectivity index (χ1) is 13.4. The number of furan rings is 1. The van der Waals surface area contributed by atoms with Crippen LogP contribution in [0.25, 0.3) is 11.5 Å². The van der Waals surface area contributed by atoms with E-state index in [9.17, 15) is 8.42 Å². The third-order valence-electron chi connectivity index (χ3n) is 5.10. The Morgan fingerprint density at radius 3 is 2.61 bits per heavy atom.